The molecule has 1 fully saturated rings. The number of nitrogens with one attached hydrogen (secondary N) is 1. The number of para-hydroxylation sites is 1. The standard InChI is InChI=1S/C25H24ClN3O3/c26-23-16-19(6-11-24(23)32-18-25(30)28-21-4-2-1-3-5-21)17-27-20-7-9-22(10-8-20)29-12-14-31-15-13-29/h1-11,16-17H,12-15,18H2,(H,28,30). The number of hydrogen-bond donors (Lipinski definition) is 1. The van der Waals surface area contributed by atoms with Gasteiger partial charge >= 0.3 is 0 Å². The lowest BCUT2D eigenvalue weighted by Crippen LogP contribution is -2.36. The first-order valence-corrected chi connectivity index (χ1v) is 10.8. The second kappa shape index (κ2) is 10.8. The third-order valence-corrected chi connectivity index (χ3v) is 5.26. The highest BCUT2D eigenvalue weighted by Gasteiger charge is 2.10. The fraction of sp³-hybridized carbons (Fsp3) is 0.200. The SMILES string of the molecule is O=C(COc1ccc(C=Nc2ccc(N3CCOCC3)cc2)cc1Cl)Nc1ccccc1. The van der Waals surface area contributed by atoms with Gasteiger partial charge in [0.25, 0.3) is 5.91 Å². The lowest BCUT2D eigenvalue weighted by Gasteiger charge is -2.28. The number of ether oxygens (including phenoxy) is 2. The Morgan fingerprint density at radius 2 is 1.81 bits per heavy atom. The molecule has 1 saturated heterocycles. The van der Waals surface area contributed by atoms with Gasteiger partial charge in [0, 0.05) is 30.7 Å². The summed E-state index contributed by atoms with van der Waals surface area (Å²) >= 11 is 6.33. The fourth-order valence-corrected chi connectivity index (χ4v) is 3.54. The average Bonchev–Trinajstić information content (AvgIpc) is 2.84. The molecule has 4 rings (SSSR count). The number of halogens is 1. The summed E-state index contributed by atoms with van der Waals surface area (Å²) in [6.07, 6.45) is 1.75. The summed E-state index contributed by atoms with van der Waals surface area (Å²) in [7, 11) is 0. The number of aliphatic imine (C=N–C) groups is 1. The van der Waals surface area contributed by atoms with Gasteiger partial charge in [0.1, 0.15) is 5.75 Å². The van der Waals surface area contributed by atoms with E-state index in [1.54, 1.807) is 18.3 Å². The summed E-state index contributed by atoms with van der Waals surface area (Å²) < 4.78 is 11.0. The van der Waals surface area contributed by atoms with Gasteiger partial charge in [-0.2, -0.15) is 0 Å². The monoisotopic (exact) mass is 449 g/mol. The minimum atomic E-state index is -0.251. The zero-order chi connectivity index (χ0) is 22.2. The van der Waals surface area contributed by atoms with Gasteiger partial charge in [-0.1, -0.05) is 29.8 Å². The van der Waals surface area contributed by atoms with Gasteiger partial charge in [0.05, 0.1) is 23.9 Å². The van der Waals surface area contributed by atoms with Crippen LogP contribution in [0, 0.1) is 0 Å². The van der Waals surface area contributed by atoms with E-state index >= 15 is 0 Å². The molecule has 7 heteroatoms. The van der Waals surface area contributed by atoms with Crippen LogP contribution in [0.3, 0.4) is 0 Å². The van der Waals surface area contributed by atoms with Crippen LogP contribution in [-0.2, 0) is 9.53 Å². The molecule has 3 aromatic rings. The molecule has 0 aliphatic carbocycles. The average molecular weight is 450 g/mol. The van der Waals surface area contributed by atoms with Crippen LogP contribution in [-0.4, -0.2) is 45.0 Å². The first kappa shape index (κ1) is 21.9. The third-order valence-electron chi connectivity index (χ3n) is 4.96. The second-order valence-electron chi connectivity index (χ2n) is 7.27. The number of carbonyl (C=O) groups excluding carboxylic acids is 1. The first-order chi connectivity index (χ1) is 15.7. The van der Waals surface area contributed by atoms with E-state index in [0.29, 0.717) is 10.8 Å². The topological polar surface area (TPSA) is 63.2 Å². The Morgan fingerprint density at radius 3 is 2.53 bits per heavy atom. The molecule has 3 aromatic carbocycles. The van der Waals surface area contributed by atoms with E-state index in [4.69, 9.17) is 21.1 Å². The van der Waals surface area contributed by atoms with Crippen molar-refractivity contribution in [2.75, 3.05) is 43.1 Å². The van der Waals surface area contributed by atoms with E-state index in [9.17, 15) is 4.79 Å². The Bertz CT molecular complexity index is 1070. The van der Waals surface area contributed by atoms with Crippen LogP contribution >= 0.6 is 11.6 Å². The number of anilines is 2. The van der Waals surface area contributed by atoms with Crippen LogP contribution in [0.5, 0.6) is 5.75 Å². The van der Waals surface area contributed by atoms with Crippen molar-refractivity contribution >= 4 is 40.8 Å². The normalized spacial score (nSPS) is 13.8. The van der Waals surface area contributed by atoms with E-state index in [0.717, 1.165) is 43.2 Å². The summed E-state index contributed by atoms with van der Waals surface area (Å²) in [5.74, 6) is 0.195. The lowest BCUT2D eigenvalue weighted by atomic mass is 10.2. The number of rotatable bonds is 7. The van der Waals surface area contributed by atoms with Crippen LogP contribution in [0.25, 0.3) is 0 Å². The Kier molecular flexibility index (Phi) is 7.38. The Balaban J connectivity index is 1.31. The van der Waals surface area contributed by atoms with Crippen molar-refractivity contribution in [2.45, 2.75) is 0 Å². The Labute approximate surface area is 192 Å². The fourth-order valence-electron chi connectivity index (χ4n) is 3.30. The number of benzene rings is 3. The number of hydrogen-bond acceptors (Lipinski definition) is 5. The summed E-state index contributed by atoms with van der Waals surface area (Å²) in [6.45, 7) is 3.21. The number of amides is 1. The largest absolute Gasteiger partial charge is 0.482 e. The summed E-state index contributed by atoms with van der Waals surface area (Å²) in [5.41, 5.74) is 3.59. The lowest BCUT2D eigenvalue weighted by molar-refractivity contribution is -0.118. The number of carbonyl (C=O) groups is 1. The van der Waals surface area contributed by atoms with E-state index < -0.39 is 0 Å². The maximum Gasteiger partial charge on any atom is 0.262 e. The predicted octanol–water partition coefficient (Wildman–Crippen LogP) is 4.94. The van der Waals surface area contributed by atoms with E-state index in [1.807, 2.05) is 48.5 Å². The zero-order valence-electron chi connectivity index (χ0n) is 17.5. The molecule has 0 atom stereocenters. The van der Waals surface area contributed by atoms with Crippen molar-refractivity contribution in [1.82, 2.24) is 0 Å². The Hall–Kier alpha value is -3.35. The molecule has 0 spiro atoms. The van der Waals surface area contributed by atoms with E-state index in [2.05, 4.69) is 27.3 Å². The van der Waals surface area contributed by atoms with Crippen LogP contribution in [0.4, 0.5) is 17.1 Å². The summed E-state index contributed by atoms with van der Waals surface area (Å²) in [6, 6.07) is 22.7. The molecule has 1 aliphatic rings. The molecule has 1 heterocycles. The van der Waals surface area contributed by atoms with Gasteiger partial charge in [-0.15, -0.1) is 0 Å². The van der Waals surface area contributed by atoms with Gasteiger partial charge in [-0.25, -0.2) is 0 Å². The molecule has 0 radical (unpaired) electrons. The van der Waals surface area contributed by atoms with Crippen LogP contribution in [0.2, 0.25) is 5.02 Å². The second-order valence-corrected chi connectivity index (χ2v) is 7.67. The van der Waals surface area contributed by atoms with Crippen molar-refractivity contribution in [3.8, 4) is 5.75 Å². The van der Waals surface area contributed by atoms with Crippen molar-refractivity contribution in [2.24, 2.45) is 4.99 Å². The van der Waals surface area contributed by atoms with Gasteiger partial charge in [0.2, 0.25) is 0 Å². The van der Waals surface area contributed by atoms with Gasteiger partial charge in [0.15, 0.2) is 6.61 Å². The van der Waals surface area contributed by atoms with E-state index in [1.165, 1.54) is 5.69 Å². The maximum absolute atomic E-state index is 12.0. The summed E-state index contributed by atoms with van der Waals surface area (Å²) in [5, 5.41) is 3.19. The van der Waals surface area contributed by atoms with Crippen molar-refractivity contribution in [1.29, 1.82) is 0 Å². The molecule has 164 valence electrons. The number of nitrogens with zero attached hydrogens (tertiary/aromatic N) is 2. The number of morpholine rings is 1. The van der Waals surface area contributed by atoms with Gasteiger partial charge in [-0.05, 0) is 60.2 Å². The first-order valence-electron chi connectivity index (χ1n) is 10.4. The molecule has 0 bridgehead atoms. The molecule has 1 amide bonds. The van der Waals surface area contributed by atoms with E-state index in [-0.39, 0.29) is 12.5 Å². The van der Waals surface area contributed by atoms with Crippen molar-refractivity contribution in [3.63, 3.8) is 0 Å². The molecule has 1 aliphatic heterocycles. The predicted molar refractivity (Wildman–Crippen MR) is 129 cm³/mol. The molecule has 0 unspecified atom stereocenters. The molecule has 1 N–H and O–H groups in total. The van der Waals surface area contributed by atoms with Crippen LogP contribution < -0.4 is 15.0 Å². The molecule has 6 nitrogen and oxygen atoms in total. The zero-order valence-corrected chi connectivity index (χ0v) is 18.3. The molecule has 0 aromatic heterocycles. The Morgan fingerprint density at radius 1 is 1.06 bits per heavy atom. The molecular weight excluding hydrogens is 426 g/mol. The molecule has 0 saturated carbocycles. The van der Waals surface area contributed by atoms with Crippen LogP contribution in [0.1, 0.15) is 5.56 Å². The highest BCUT2D eigenvalue weighted by atomic mass is 35.5. The minimum absolute atomic E-state index is 0.127. The maximum atomic E-state index is 12.0. The summed E-state index contributed by atoms with van der Waals surface area (Å²) in [4.78, 5) is 18.9. The quantitative estimate of drug-likeness (QED) is 0.519. The van der Waals surface area contributed by atoms with Crippen molar-refractivity contribution in [3.05, 3.63) is 83.4 Å². The highest BCUT2D eigenvalue weighted by Crippen LogP contribution is 2.26. The highest BCUT2D eigenvalue weighted by molar-refractivity contribution is 6.32. The smallest absolute Gasteiger partial charge is 0.262 e. The molecular formula is C25H24ClN3O3. The third kappa shape index (κ3) is 6.09. The van der Waals surface area contributed by atoms with Crippen LogP contribution in [0.15, 0.2) is 77.8 Å². The van der Waals surface area contributed by atoms with Crippen molar-refractivity contribution < 1.29 is 14.3 Å². The minimum Gasteiger partial charge on any atom is -0.482 e. The molecule has 32 heavy (non-hydrogen) atoms. The van der Waals surface area contributed by atoms with Gasteiger partial charge < -0.3 is 19.7 Å². The van der Waals surface area contributed by atoms with Gasteiger partial charge in [-0.3, -0.25) is 9.79 Å².